The van der Waals surface area contributed by atoms with Crippen molar-refractivity contribution in [1.82, 2.24) is 0 Å². The van der Waals surface area contributed by atoms with Gasteiger partial charge in [0, 0.05) is 5.33 Å². The molecule has 0 saturated heterocycles. The highest BCUT2D eigenvalue weighted by atomic mass is 79.9. The number of alkyl halides is 1. The van der Waals surface area contributed by atoms with Gasteiger partial charge in [-0.3, -0.25) is 0 Å². The van der Waals surface area contributed by atoms with E-state index in [0.29, 0.717) is 5.92 Å². The van der Waals surface area contributed by atoms with Crippen LogP contribution in [0.3, 0.4) is 0 Å². The molecule has 2 rings (SSSR count). The zero-order valence-corrected chi connectivity index (χ0v) is 8.26. The van der Waals surface area contributed by atoms with Crippen molar-refractivity contribution in [3.05, 3.63) is 0 Å². The van der Waals surface area contributed by atoms with Crippen LogP contribution in [-0.2, 0) is 0 Å². The molecule has 2 aliphatic rings. The summed E-state index contributed by atoms with van der Waals surface area (Å²) in [6.07, 6.45) is 4.97. The Hall–Kier alpha value is 0.440. The van der Waals surface area contributed by atoms with E-state index in [1.54, 1.807) is 0 Å². The van der Waals surface area contributed by atoms with Gasteiger partial charge in [-0.1, -0.05) is 15.9 Å². The molecule has 2 heteroatoms. The zero-order chi connectivity index (χ0) is 7.84. The van der Waals surface area contributed by atoms with Gasteiger partial charge in [-0.05, 0) is 43.4 Å². The van der Waals surface area contributed by atoms with Gasteiger partial charge < -0.3 is 5.11 Å². The third-order valence-electron chi connectivity index (χ3n) is 3.41. The fourth-order valence-corrected chi connectivity index (χ4v) is 3.53. The van der Waals surface area contributed by atoms with Crippen molar-refractivity contribution < 1.29 is 5.11 Å². The van der Waals surface area contributed by atoms with E-state index in [0.717, 1.165) is 23.6 Å². The van der Waals surface area contributed by atoms with Gasteiger partial charge in [-0.2, -0.15) is 0 Å². The van der Waals surface area contributed by atoms with E-state index in [9.17, 15) is 5.11 Å². The minimum atomic E-state index is 0.0105. The van der Waals surface area contributed by atoms with E-state index >= 15 is 0 Å². The number of fused-ring (bicyclic) bond motifs is 2. The average Bonchev–Trinajstić information content (AvgIpc) is 2.37. The van der Waals surface area contributed by atoms with Gasteiger partial charge >= 0.3 is 0 Å². The largest absolute Gasteiger partial charge is 0.393 e. The number of halogens is 1. The summed E-state index contributed by atoms with van der Waals surface area (Å²) in [7, 11) is 0. The molecule has 0 radical (unpaired) electrons. The third-order valence-corrected chi connectivity index (χ3v) is 4.24. The van der Waals surface area contributed by atoms with Gasteiger partial charge in [-0.25, -0.2) is 0 Å². The van der Waals surface area contributed by atoms with Gasteiger partial charge in [0.15, 0.2) is 0 Å². The Kier molecular flexibility index (Phi) is 2.24. The van der Waals surface area contributed by atoms with Crippen LogP contribution >= 0.6 is 15.9 Å². The molecule has 2 fully saturated rings. The normalized spacial score (nSPS) is 49.6. The van der Waals surface area contributed by atoms with Crippen molar-refractivity contribution in [1.29, 1.82) is 0 Å². The van der Waals surface area contributed by atoms with Crippen molar-refractivity contribution in [3.63, 3.8) is 0 Å². The molecule has 2 bridgehead atoms. The van der Waals surface area contributed by atoms with Crippen LogP contribution in [0.5, 0.6) is 0 Å². The number of aliphatic hydroxyl groups is 1. The predicted octanol–water partition coefficient (Wildman–Crippen LogP) is 2.18. The summed E-state index contributed by atoms with van der Waals surface area (Å²) >= 11 is 3.53. The van der Waals surface area contributed by atoms with E-state index in [1.807, 2.05) is 0 Å². The monoisotopic (exact) mass is 218 g/mol. The number of aliphatic hydroxyl groups excluding tert-OH is 1. The van der Waals surface area contributed by atoms with Crippen molar-refractivity contribution in [2.45, 2.75) is 31.8 Å². The second-order valence-electron chi connectivity index (χ2n) is 4.06. The van der Waals surface area contributed by atoms with E-state index in [2.05, 4.69) is 15.9 Å². The molecule has 2 saturated carbocycles. The van der Waals surface area contributed by atoms with Crippen molar-refractivity contribution >= 4 is 15.9 Å². The quantitative estimate of drug-likeness (QED) is 0.670. The Morgan fingerprint density at radius 1 is 1.27 bits per heavy atom. The first kappa shape index (κ1) is 8.06. The van der Waals surface area contributed by atoms with Crippen LogP contribution in [0.15, 0.2) is 0 Å². The predicted molar refractivity (Wildman–Crippen MR) is 48.7 cm³/mol. The third kappa shape index (κ3) is 1.35. The second kappa shape index (κ2) is 3.06. The SMILES string of the molecule is O[C@@H]1CC[C@@H]2C[C@H](CBr)[C@H]1C2. The molecule has 0 spiro atoms. The van der Waals surface area contributed by atoms with E-state index in [4.69, 9.17) is 0 Å². The first-order valence-corrected chi connectivity index (χ1v) is 5.67. The van der Waals surface area contributed by atoms with Crippen LogP contribution in [0.1, 0.15) is 25.7 Å². The molecular weight excluding hydrogens is 204 g/mol. The zero-order valence-electron chi connectivity index (χ0n) is 6.67. The first-order valence-electron chi connectivity index (χ1n) is 4.55. The lowest BCUT2D eigenvalue weighted by Crippen LogP contribution is -2.26. The van der Waals surface area contributed by atoms with Gasteiger partial charge in [0.1, 0.15) is 0 Å². The van der Waals surface area contributed by atoms with Gasteiger partial charge in [-0.15, -0.1) is 0 Å². The smallest absolute Gasteiger partial charge is 0.0571 e. The molecule has 4 atom stereocenters. The molecule has 0 aliphatic heterocycles. The Bertz CT molecular complexity index is 146. The van der Waals surface area contributed by atoms with Crippen LogP contribution in [0.25, 0.3) is 0 Å². The molecule has 2 aliphatic carbocycles. The minimum absolute atomic E-state index is 0.0105. The fraction of sp³-hybridized carbons (Fsp3) is 1.00. The van der Waals surface area contributed by atoms with Gasteiger partial charge in [0.25, 0.3) is 0 Å². The van der Waals surface area contributed by atoms with Crippen LogP contribution in [0, 0.1) is 17.8 Å². The minimum Gasteiger partial charge on any atom is -0.393 e. The number of hydrogen-bond donors (Lipinski definition) is 1. The summed E-state index contributed by atoms with van der Waals surface area (Å²) in [5.41, 5.74) is 0. The van der Waals surface area contributed by atoms with Crippen molar-refractivity contribution in [2.75, 3.05) is 5.33 Å². The Balaban J connectivity index is 2.06. The molecule has 1 N–H and O–H groups in total. The van der Waals surface area contributed by atoms with Gasteiger partial charge in [0.05, 0.1) is 6.10 Å². The molecule has 0 aromatic heterocycles. The van der Waals surface area contributed by atoms with Crippen LogP contribution in [0.2, 0.25) is 0 Å². The van der Waals surface area contributed by atoms with Crippen LogP contribution in [0.4, 0.5) is 0 Å². The maximum absolute atomic E-state index is 9.68. The maximum atomic E-state index is 9.68. The Morgan fingerprint density at radius 2 is 2.09 bits per heavy atom. The standard InChI is InChI=1S/C9H15BrO/c10-5-7-3-6-1-2-9(11)8(7)4-6/h6-9,11H,1-5H2/t6-,7-,8-,9-/m1/s1. The summed E-state index contributed by atoms with van der Waals surface area (Å²) in [5, 5.41) is 10.8. The summed E-state index contributed by atoms with van der Waals surface area (Å²) < 4.78 is 0. The molecule has 1 nitrogen and oxygen atoms in total. The summed E-state index contributed by atoms with van der Waals surface area (Å²) in [6, 6.07) is 0. The molecule has 11 heavy (non-hydrogen) atoms. The Morgan fingerprint density at radius 3 is 2.82 bits per heavy atom. The van der Waals surface area contributed by atoms with E-state index < -0.39 is 0 Å². The molecular formula is C9H15BrO. The molecule has 0 unspecified atom stereocenters. The number of rotatable bonds is 1. The summed E-state index contributed by atoms with van der Waals surface area (Å²) in [4.78, 5) is 0. The molecule has 0 heterocycles. The van der Waals surface area contributed by atoms with Crippen molar-refractivity contribution in [3.8, 4) is 0 Å². The second-order valence-corrected chi connectivity index (χ2v) is 4.71. The topological polar surface area (TPSA) is 20.2 Å². The lowest BCUT2D eigenvalue weighted by atomic mass is 9.85. The highest BCUT2D eigenvalue weighted by molar-refractivity contribution is 9.09. The van der Waals surface area contributed by atoms with Gasteiger partial charge in [0.2, 0.25) is 0 Å². The fourth-order valence-electron chi connectivity index (χ4n) is 2.78. The first-order chi connectivity index (χ1) is 5.31. The maximum Gasteiger partial charge on any atom is 0.0571 e. The van der Waals surface area contributed by atoms with Crippen LogP contribution < -0.4 is 0 Å². The highest BCUT2D eigenvalue weighted by Gasteiger charge is 2.41. The summed E-state index contributed by atoms with van der Waals surface area (Å²) in [6.45, 7) is 0. The number of hydrogen-bond acceptors (Lipinski definition) is 1. The lowest BCUT2D eigenvalue weighted by molar-refractivity contribution is 0.0640. The molecule has 64 valence electrons. The molecule has 0 amide bonds. The van der Waals surface area contributed by atoms with E-state index in [-0.39, 0.29) is 6.10 Å². The average molecular weight is 219 g/mol. The molecule has 0 aromatic rings. The van der Waals surface area contributed by atoms with Crippen LogP contribution in [-0.4, -0.2) is 16.5 Å². The Labute approximate surface area is 76.3 Å². The molecule has 0 aromatic carbocycles. The highest BCUT2D eigenvalue weighted by Crippen LogP contribution is 2.46. The van der Waals surface area contributed by atoms with E-state index in [1.165, 1.54) is 19.3 Å². The lowest BCUT2D eigenvalue weighted by Gasteiger charge is -2.26. The van der Waals surface area contributed by atoms with Crippen molar-refractivity contribution in [2.24, 2.45) is 17.8 Å². The summed E-state index contributed by atoms with van der Waals surface area (Å²) in [5.74, 6) is 2.32.